The number of hydrogen-bond acceptors (Lipinski definition) is 4. The van der Waals surface area contributed by atoms with Gasteiger partial charge < -0.3 is 15.0 Å². The molecule has 0 bridgehead atoms. The summed E-state index contributed by atoms with van der Waals surface area (Å²) < 4.78 is 18.9. The van der Waals surface area contributed by atoms with Crippen LogP contribution in [0.1, 0.15) is 44.0 Å². The second-order valence-corrected chi connectivity index (χ2v) is 7.55. The number of nitrogens with one attached hydrogen (secondary N) is 1. The van der Waals surface area contributed by atoms with Crippen molar-refractivity contribution >= 4 is 35.2 Å². The van der Waals surface area contributed by atoms with Crippen molar-refractivity contribution in [2.75, 3.05) is 13.1 Å². The van der Waals surface area contributed by atoms with E-state index in [1.165, 1.54) is 0 Å². The SMILES string of the molecule is CC(C)(C)OC(=O)N1CCC[C@H](NC(=O)c2cc(F)c(Cl)nc2Cl)C1. The van der Waals surface area contributed by atoms with Crippen LogP contribution >= 0.6 is 23.2 Å². The van der Waals surface area contributed by atoms with Crippen molar-refractivity contribution in [3.05, 3.63) is 27.8 Å². The highest BCUT2D eigenvalue weighted by Crippen LogP contribution is 2.21. The number of piperidine rings is 1. The summed E-state index contributed by atoms with van der Waals surface area (Å²) >= 11 is 11.4. The van der Waals surface area contributed by atoms with E-state index in [0.717, 1.165) is 6.07 Å². The number of ether oxygens (including phenoxy) is 1. The summed E-state index contributed by atoms with van der Waals surface area (Å²) in [6, 6.07) is 0.658. The monoisotopic (exact) mass is 391 g/mol. The highest BCUT2D eigenvalue weighted by molar-refractivity contribution is 6.34. The first-order valence-corrected chi connectivity index (χ1v) is 8.63. The Hall–Kier alpha value is -1.60. The Balaban J connectivity index is 2.02. The van der Waals surface area contributed by atoms with Crippen LogP contribution in [-0.4, -0.2) is 46.6 Å². The van der Waals surface area contributed by atoms with Gasteiger partial charge in [0.1, 0.15) is 10.8 Å². The lowest BCUT2D eigenvalue weighted by molar-refractivity contribution is 0.0185. The zero-order valence-electron chi connectivity index (χ0n) is 14.2. The molecule has 138 valence electrons. The summed E-state index contributed by atoms with van der Waals surface area (Å²) in [6.45, 7) is 6.23. The molecule has 0 spiro atoms. The van der Waals surface area contributed by atoms with Crippen LogP contribution in [0.2, 0.25) is 10.3 Å². The first-order chi connectivity index (χ1) is 11.6. The zero-order valence-corrected chi connectivity index (χ0v) is 15.7. The Bertz CT molecular complexity index is 679. The third-order valence-corrected chi connectivity index (χ3v) is 4.09. The van der Waals surface area contributed by atoms with Gasteiger partial charge in [0.15, 0.2) is 11.0 Å². The van der Waals surface area contributed by atoms with Gasteiger partial charge in [0.2, 0.25) is 0 Å². The minimum Gasteiger partial charge on any atom is -0.444 e. The molecule has 0 saturated carbocycles. The molecule has 0 radical (unpaired) electrons. The highest BCUT2D eigenvalue weighted by atomic mass is 35.5. The van der Waals surface area contributed by atoms with Crippen molar-refractivity contribution in [2.24, 2.45) is 0 Å². The lowest BCUT2D eigenvalue weighted by atomic mass is 10.1. The predicted octanol–water partition coefficient (Wildman–Crippen LogP) is 3.66. The number of carbonyl (C=O) groups is 2. The molecule has 0 aromatic carbocycles. The summed E-state index contributed by atoms with van der Waals surface area (Å²) in [6.07, 6.45) is 0.973. The summed E-state index contributed by atoms with van der Waals surface area (Å²) in [5, 5.41) is 2.18. The number of halogens is 3. The van der Waals surface area contributed by atoms with Crippen molar-refractivity contribution in [3.8, 4) is 0 Å². The maximum Gasteiger partial charge on any atom is 0.410 e. The van der Waals surface area contributed by atoms with Gasteiger partial charge in [0.25, 0.3) is 5.91 Å². The standard InChI is InChI=1S/C16H20Cl2FN3O3/c1-16(2,3)25-15(24)22-6-4-5-9(8-22)20-14(23)10-7-11(19)13(18)21-12(10)17/h7,9H,4-6,8H2,1-3H3,(H,20,23)/t9-/m0/s1. The maximum atomic E-state index is 13.5. The van der Waals surface area contributed by atoms with Gasteiger partial charge in [0.05, 0.1) is 5.56 Å². The van der Waals surface area contributed by atoms with Crippen LogP contribution in [0.15, 0.2) is 6.07 Å². The van der Waals surface area contributed by atoms with Gasteiger partial charge in [-0.1, -0.05) is 23.2 Å². The molecule has 2 rings (SSSR count). The third-order valence-electron chi connectivity index (χ3n) is 3.54. The highest BCUT2D eigenvalue weighted by Gasteiger charge is 2.29. The number of nitrogens with zero attached hydrogens (tertiary/aromatic N) is 2. The van der Waals surface area contributed by atoms with Crippen LogP contribution in [-0.2, 0) is 4.74 Å². The number of rotatable bonds is 2. The Morgan fingerprint density at radius 2 is 2.04 bits per heavy atom. The minimum atomic E-state index is -0.824. The van der Waals surface area contributed by atoms with Crippen molar-refractivity contribution < 1.29 is 18.7 Å². The Kier molecular flexibility index (Phi) is 6.11. The normalized spacial score (nSPS) is 18.0. The average molecular weight is 392 g/mol. The molecule has 0 unspecified atom stereocenters. The molecule has 1 aromatic heterocycles. The van der Waals surface area contributed by atoms with Crippen LogP contribution in [0.3, 0.4) is 0 Å². The lowest BCUT2D eigenvalue weighted by Gasteiger charge is -2.34. The fraction of sp³-hybridized carbons (Fsp3) is 0.562. The molecule has 0 aliphatic carbocycles. The van der Waals surface area contributed by atoms with Crippen molar-refractivity contribution in [1.29, 1.82) is 0 Å². The molecule has 2 amide bonds. The Morgan fingerprint density at radius 1 is 1.36 bits per heavy atom. The minimum absolute atomic E-state index is 0.0991. The second-order valence-electron chi connectivity index (χ2n) is 6.84. The molecular formula is C16H20Cl2FN3O3. The second kappa shape index (κ2) is 7.74. The molecule has 1 fully saturated rings. The van der Waals surface area contributed by atoms with E-state index in [1.807, 2.05) is 0 Å². The average Bonchev–Trinajstić information content (AvgIpc) is 2.49. The number of amides is 2. The van der Waals surface area contributed by atoms with E-state index in [9.17, 15) is 14.0 Å². The van der Waals surface area contributed by atoms with E-state index in [-0.39, 0.29) is 16.8 Å². The van der Waals surface area contributed by atoms with Gasteiger partial charge in [-0.3, -0.25) is 4.79 Å². The number of aromatic nitrogens is 1. The fourth-order valence-corrected chi connectivity index (χ4v) is 2.86. The largest absolute Gasteiger partial charge is 0.444 e. The van der Waals surface area contributed by atoms with Crippen molar-refractivity contribution in [3.63, 3.8) is 0 Å². The van der Waals surface area contributed by atoms with Crippen LogP contribution in [0.25, 0.3) is 0 Å². The molecule has 1 aliphatic heterocycles. The molecule has 1 N–H and O–H groups in total. The summed E-state index contributed by atoms with van der Waals surface area (Å²) in [4.78, 5) is 29.6. The summed E-state index contributed by atoms with van der Waals surface area (Å²) in [7, 11) is 0. The maximum absolute atomic E-state index is 13.5. The molecule has 1 atom stereocenters. The van der Waals surface area contributed by atoms with E-state index < -0.39 is 28.6 Å². The van der Waals surface area contributed by atoms with Crippen LogP contribution in [0.5, 0.6) is 0 Å². The molecule has 1 aromatic rings. The van der Waals surface area contributed by atoms with Crippen LogP contribution in [0.4, 0.5) is 9.18 Å². The van der Waals surface area contributed by atoms with Gasteiger partial charge in [-0.05, 0) is 39.7 Å². The smallest absolute Gasteiger partial charge is 0.410 e. The molecule has 2 heterocycles. The van der Waals surface area contributed by atoms with Gasteiger partial charge in [-0.25, -0.2) is 14.2 Å². The molecule has 6 nitrogen and oxygen atoms in total. The quantitative estimate of drug-likeness (QED) is 0.780. The van der Waals surface area contributed by atoms with Gasteiger partial charge in [-0.15, -0.1) is 0 Å². The van der Waals surface area contributed by atoms with E-state index in [4.69, 9.17) is 27.9 Å². The molecule has 9 heteroatoms. The number of hydrogen-bond donors (Lipinski definition) is 1. The number of likely N-dealkylation sites (tertiary alicyclic amines) is 1. The van der Waals surface area contributed by atoms with Crippen molar-refractivity contribution in [1.82, 2.24) is 15.2 Å². The molecule has 25 heavy (non-hydrogen) atoms. The zero-order chi connectivity index (χ0) is 18.8. The number of pyridine rings is 1. The van der Waals surface area contributed by atoms with E-state index in [0.29, 0.717) is 25.9 Å². The van der Waals surface area contributed by atoms with E-state index in [2.05, 4.69) is 10.3 Å². The lowest BCUT2D eigenvalue weighted by Crippen LogP contribution is -2.50. The Morgan fingerprint density at radius 3 is 2.68 bits per heavy atom. The fourth-order valence-electron chi connectivity index (χ4n) is 2.46. The summed E-state index contributed by atoms with van der Waals surface area (Å²) in [5.41, 5.74) is -0.689. The van der Waals surface area contributed by atoms with Gasteiger partial charge in [-0.2, -0.15) is 0 Å². The Labute approximate surface area is 155 Å². The van der Waals surface area contributed by atoms with Crippen LogP contribution < -0.4 is 5.32 Å². The van der Waals surface area contributed by atoms with Crippen LogP contribution in [0, 0.1) is 5.82 Å². The third kappa shape index (κ3) is 5.44. The van der Waals surface area contributed by atoms with E-state index in [1.54, 1.807) is 25.7 Å². The van der Waals surface area contributed by atoms with Crippen molar-refractivity contribution in [2.45, 2.75) is 45.3 Å². The van der Waals surface area contributed by atoms with E-state index >= 15 is 0 Å². The first kappa shape index (κ1) is 19.7. The molecule has 1 aliphatic rings. The molecular weight excluding hydrogens is 372 g/mol. The van der Waals surface area contributed by atoms with Gasteiger partial charge in [0, 0.05) is 19.1 Å². The molecule has 1 saturated heterocycles. The predicted molar refractivity (Wildman–Crippen MR) is 92.5 cm³/mol. The summed E-state index contributed by atoms with van der Waals surface area (Å²) in [5.74, 6) is -1.39. The number of carbonyl (C=O) groups excluding carboxylic acids is 2. The van der Waals surface area contributed by atoms with Gasteiger partial charge >= 0.3 is 6.09 Å². The first-order valence-electron chi connectivity index (χ1n) is 7.87. The topological polar surface area (TPSA) is 71.5 Å².